The molecule has 0 saturated heterocycles. The van der Waals surface area contributed by atoms with E-state index in [4.69, 9.17) is 17.2 Å². The Morgan fingerprint density at radius 3 is 1.61 bits per heavy atom. The largest absolute Gasteiger partial charge is 0.463 e. The summed E-state index contributed by atoms with van der Waals surface area (Å²) in [5.41, 5.74) is 16.4. The summed E-state index contributed by atoms with van der Waals surface area (Å²) in [5.74, 6) is -5.73. The first-order valence-corrected chi connectivity index (χ1v) is 14.6. The Labute approximate surface area is 257 Å². The first-order chi connectivity index (χ1) is 20.7. The highest BCUT2D eigenvalue weighted by atomic mass is 16.5. The van der Waals surface area contributed by atoms with Crippen LogP contribution in [0.3, 0.4) is 0 Å². The maximum Gasteiger partial charge on any atom is 0.376 e. The van der Waals surface area contributed by atoms with Gasteiger partial charge in [-0.25, -0.2) is 4.79 Å². The number of rotatable bonds is 22. The lowest BCUT2D eigenvalue weighted by molar-refractivity contribution is -0.152. The van der Waals surface area contributed by atoms with Crippen LogP contribution in [0.1, 0.15) is 65.7 Å². The molecule has 12 N–H and O–H groups in total. The van der Waals surface area contributed by atoms with Crippen LogP contribution < -0.4 is 43.8 Å². The second-order valence-electron chi connectivity index (χ2n) is 10.3. The van der Waals surface area contributed by atoms with E-state index in [1.54, 1.807) is 0 Å². The number of Topliss-reactive ketones (excluding diaryl/α,β-unsaturated/α-hetero) is 1. The Morgan fingerprint density at radius 2 is 1.14 bits per heavy atom. The van der Waals surface area contributed by atoms with Gasteiger partial charge < -0.3 is 53.6 Å². The van der Waals surface area contributed by atoms with Crippen molar-refractivity contribution in [3.63, 3.8) is 0 Å². The maximum absolute atomic E-state index is 13.0. The average molecular weight is 631 g/mol. The average Bonchev–Trinajstić information content (AvgIpc) is 2.97. The quantitative estimate of drug-likeness (QED) is 0.0316. The van der Waals surface area contributed by atoms with Gasteiger partial charge in [-0.05, 0) is 72.4 Å². The van der Waals surface area contributed by atoms with Crippen LogP contribution in [-0.4, -0.2) is 109 Å². The number of carbonyl (C=O) groups excluding carboxylic acids is 7. The summed E-state index contributed by atoms with van der Waals surface area (Å²) in [4.78, 5) is 87.4. The van der Waals surface area contributed by atoms with E-state index in [1.165, 1.54) is 20.8 Å². The van der Waals surface area contributed by atoms with Crippen LogP contribution in [0, 0.1) is 0 Å². The van der Waals surface area contributed by atoms with Gasteiger partial charge in [-0.3, -0.25) is 28.8 Å². The SMILES string of the molecule is COC(=O)C(=O)C(C)NC(=O)C(CCCCN)NC(=O)C(C)NC(=O)C(NC(=O)C(CCCCN)NC(=O)CCN)C(C)O. The van der Waals surface area contributed by atoms with Crippen LogP contribution in [0.15, 0.2) is 0 Å². The van der Waals surface area contributed by atoms with E-state index in [1.807, 2.05) is 0 Å². The number of carbonyl (C=O) groups is 7. The van der Waals surface area contributed by atoms with Crippen LogP contribution in [0.2, 0.25) is 0 Å². The Balaban J connectivity index is 5.54. The fourth-order valence-corrected chi connectivity index (χ4v) is 3.90. The third-order valence-corrected chi connectivity index (χ3v) is 6.50. The molecule has 5 amide bonds. The van der Waals surface area contributed by atoms with Gasteiger partial charge in [0.2, 0.25) is 29.5 Å². The highest BCUT2D eigenvalue weighted by molar-refractivity contribution is 6.35. The van der Waals surface area contributed by atoms with Crippen LogP contribution >= 0.6 is 0 Å². The molecule has 0 bridgehead atoms. The number of aliphatic hydroxyl groups excluding tert-OH is 1. The minimum Gasteiger partial charge on any atom is -0.463 e. The minimum atomic E-state index is -1.49. The van der Waals surface area contributed by atoms with Gasteiger partial charge in [0.1, 0.15) is 24.2 Å². The molecular formula is C27H50N8O9. The fraction of sp³-hybridized carbons (Fsp3) is 0.741. The molecule has 6 atom stereocenters. The molecule has 0 aromatic rings. The van der Waals surface area contributed by atoms with Gasteiger partial charge in [-0.2, -0.15) is 0 Å². The van der Waals surface area contributed by atoms with Gasteiger partial charge in [0, 0.05) is 13.0 Å². The first-order valence-electron chi connectivity index (χ1n) is 14.6. The molecule has 0 aromatic heterocycles. The van der Waals surface area contributed by atoms with Crippen LogP contribution in [0.25, 0.3) is 0 Å². The molecule has 0 aliphatic rings. The first kappa shape index (κ1) is 40.3. The van der Waals surface area contributed by atoms with Crippen molar-refractivity contribution < 1.29 is 43.4 Å². The van der Waals surface area contributed by atoms with Gasteiger partial charge in [0.05, 0.1) is 19.3 Å². The predicted molar refractivity (Wildman–Crippen MR) is 159 cm³/mol. The third kappa shape index (κ3) is 15.2. The van der Waals surface area contributed by atoms with Gasteiger partial charge in [0.25, 0.3) is 5.78 Å². The Bertz CT molecular complexity index is 979. The summed E-state index contributed by atoms with van der Waals surface area (Å²) in [6.07, 6.45) is 1.05. The van der Waals surface area contributed by atoms with Crippen LogP contribution in [0.5, 0.6) is 0 Å². The van der Waals surface area contributed by atoms with E-state index in [0.717, 1.165) is 7.11 Å². The van der Waals surface area contributed by atoms with Crippen molar-refractivity contribution in [1.29, 1.82) is 0 Å². The smallest absolute Gasteiger partial charge is 0.376 e. The molecular weight excluding hydrogens is 580 g/mol. The Morgan fingerprint density at radius 1 is 0.636 bits per heavy atom. The van der Waals surface area contributed by atoms with Crippen molar-refractivity contribution in [3.8, 4) is 0 Å². The molecule has 0 heterocycles. The van der Waals surface area contributed by atoms with E-state index in [9.17, 15) is 38.7 Å². The topological polar surface area (TPSA) is 287 Å². The number of nitrogens with two attached hydrogens (primary N) is 3. The van der Waals surface area contributed by atoms with E-state index >= 15 is 0 Å². The van der Waals surface area contributed by atoms with Gasteiger partial charge in [-0.1, -0.05) is 0 Å². The molecule has 0 rings (SSSR count). The number of unbranched alkanes of at least 4 members (excludes halogenated alkanes) is 2. The molecule has 0 spiro atoms. The second-order valence-corrected chi connectivity index (χ2v) is 10.3. The molecule has 0 aliphatic heterocycles. The highest BCUT2D eigenvalue weighted by Gasteiger charge is 2.33. The number of hydrogen-bond donors (Lipinski definition) is 9. The predicted octanol–water partition coefficient (Wildman–Crippen LogP) is -3.82. The molecule has 0 saturated carbocycles. The maximum atomic E-state index is 13.0. The van der Waals surface area contributed by atoms with Crippen molar-refractivity contribution in [2.24, 2.45) is 17.2 Å². The summed E-state index contributed by atoms with van der Waals surface area (Å²) in [7, 11) is 1.02. The molecule has 0 radical (unpaired) electrons. The van der Waals surface area contributed by atoms with Crippen molar-refractivity contribution >= 4 is 41.3 Å². The van der Waals surface area contributed by atoms with E-state index in [2.05, 4.69) is 31.3 Å². The minimum absolute atomic E-state index is 0.0145. The molecule has 0 aromatic carbocycles. The standard InChI is InChI=1S/C27H50N8O9/c1-15(22(38)27(43)44-4)31-24(40)19(10-6-8-13-29)34-23(39)16(2)32-26(42)21(17(3)36)35-25(41)18(9-5-7-12-28)33-20(37)11-14-30/h15-19,21,36H,5-14,28-30H2,1-4H3,(H,31,40)(H,32,42)(H,33,37)(H,34,39)(H,35,41). The van der Waals surface area contributed by atoms with E-state index in [0.29, 0.717) is 38.8 Å². The lowest BCUT2D eigenvalue weighted by atomic mass is 10.1. The van der Waals surface area contributed by atoms with Crippen LogP contribution in [-0.2, 0) is 38.3 Å². The van der Waals surface area contributed by atoms with Crippen molar-refractivity contribution in [3.05, 3.63) is 0 Å². The zero-order valence-electron chi connectivity index (χ0n) is 26.0. The summed E-state index contributed by atoms with van der Waals surface area (Å²) < 4.78 is 4.37. The monoisotopic (exact) mass is 630 g/mol. The van der Waals surface area contributed by atoms with E-state index < -0.39 is 77.6 Å². The number of esters is 1. The highest BCUT2D eigenvalue weighted by Crippen LogP contribution is 2.06. The van der Waals surface area contributed by atoms with Crippen LogP contribution in [0.4, 0.5) is 0 Å². The summed E-state index contributed by atoms with van der Waals surface area (Å²) >= 11 is 0. The van der Waals surface area contributed by atoms with Gasteiger partial charge in [-0.15, -0.1) is 0 Å². The lowest BCUT2D eigenvalue weighted by Gasteiger charge is -2.26. The normalized spacial score (nSPS) is 14.9. The lowest BCUT2D eigenvalue weighted by Crippen LogP contribution is -2.60. The molecule has 17 nitrogen and oxygen atoms in total. The molecule has 6 unspecified atom stereocenters. The third-order valence-electron chi connectivity index (χ3n) is 6.50. The number of aliphatic hydroxyl groups is 1. The van der Waals surface area contributed by atoms with Gasteiger partial charge >= 0.3 is 5.97 Å². The summed E-state index contributed by atoms with van der Waals surface area (Å²) in [5, 5.41) is 22.5. The Kier molecular flexibility index (Phi) is 20.1. The van der Waals surface area contributed by atoms with E-state index in [-0.39, 0.29) is 25.8 Å². The van der Waals surface area contributed by atoms with Gasteiger partial charge in [0.15, 0.2) is 0 Å². The number of amides is 5. The van der Waals surface area contributed by atoms with Crippen molar-refractivity contribution in [2.75, 3.05) is 26.7 Å². The number of nitrogens with one attached hydrogen (secondary N) is 5. The fourth-order valence-electron chi connectivity index (χ4n) is 3.90. The number of ketones is 1. The second kappa shape index (κ2) is 21.9. The number of methoxy groups -OCH3 is 1. The van der Waals surface area contributed by atoms with Crippen molar-refractivity contribution in [2.45, 2.75) is 102 Å². The van der Waals surface area contributed by atoms with Crippen molar-refractivity contribution in [1.82, 2.24) is 26.6 Å². The number of ether oxygens (including phenoxy) is 1. The molecule has 0 fully saturated rings. The number of hydrogen-bond acceptors (Lipinski definition) is 12. The summed E-state index contributed by atoms with van der Waals surface area (Å²) in [6.45, 7) is 4.67. The zero-order chi connectivity index (χ0) is 33.8. The molecule has 44 heavy (non-hydrogen) atoms. The zero-order valence-corrected chi connectivity index (χ0v) is 26.0. The molecule has 17 heteroatoms. The Hall–Kier alpha value is -3.67. The molecule has 252 valence electrons. The summed E-state index contributed by atoms with van der Waals surface area (Å²) in [6, 6.07) is -6.11. The molecule has 0 aliphatic carbocycles.